The Kier molecular flexibility index (Phi) is 6.33. The predicted molar refractivity (Wildman–Crippen MR) is 146 cm³/mol. The predicted octanol–water partition coefficient (Wildman–Crippen LogP) is 6.72. The Labute approximate surface area is 214 Å². The van der Waals surface area contributed by atoms with Crippen LogP contribution >= 0.6 is 11.6 Å². The van der Waals surface area contributed by atoms with Crippen molar-refractivity contribution in [2.75, 3.05) is 6.54 Å². The fraction of sp³-hybridized carbons (Fsp3) is 0.167. The second-order valence-electron chi connectivity index (χ2n) is 8.94. The van der Waals surface area contributed by atoms with Crippen molar-refractivity contribution >= 4 is 39.2 Å². The second kappa shape index (κ2) is 9.59. The standard InChI is InChI=1S/C30H26ClN3O2/c1-4-33(29(35)23-12-11-21-7-5-6-8-22(21)17-23)20(3)28-32-27-18-24(31)13-16-26(27)30(36)34(28)25-14-9-19(2)10-15-25/h5-18,20H,4H2,1-3H3. The average Bonchev–Trinajstić information content (AvgIpc) is 2.89. The van der Waals surface area contributed by atoms with Gasteiger partial charge in [0, 0.05) is 17.1 Å². The molecule has 0 fully saturated rings. The number of fused-ring (bicyclic) bond motifs is 2. The van der Waals surface area contributed by atoms with Gasteiger partial charge in [-0.3, -0.25) is 14.2 Å². The summed E-state index contributed by atoms with van der Waals surface area (Å²) in [4.78, 5) is 34.1. The highest BCUT2D eigenvalue weighted by Crippen LogP contribution is 2.26. The Balaban J connectivity index is 1.66. The van der Waals surface area contributed by atoms with Crippen LogP contribution in [0.1, 0.15) is 41.6 Å². The number of rotatable bonds is 5. The minimum atomic E-state index is -0.480. The fourth-order valence-electron chi connectivity index (χ4n) is 4.62. The van der Waals surface area contributed by atoms with Gasteiger partial charge in [0.2, 0.25) is 0 Å². The van der Waals surface area contributed by atoms with Crippen molar-refractivity contribution in [3.05, 3.63) is 117 Å². The molecule has 1 unspecified atom stereocenters. The normalized spacial score (nSPS) is 12.1. The van der Waals surface area contributed by atoms with E-state index >= 15 is 0 Å². The SMILES string of the molecule is CCN(C(=O)c1ccc2ccccc2c1)C(C)c1nc2cc(Cl)ccc2c(=O)n1-c1ccc(C)cc1. The molecule has 0 bridgehead atoms. The third kappa shape index (κ3) is 4.27. The van der Waals surface area contributed by atoms with Crippen molar-refractivity contribution in [3.8, 4) is 5.69 Å². The molecule has 0 aliphatic rings. The summed E-state index contributed by atoms with van der Waals surface area (Å²) < 4.78 is 1.61. The Hall–Kier alpha value is -3.96. The van der Waals surface area contributed by atoms with Crippen molar-refractivity contribution < 1.29 is 4.79 Å². The number of carbonyl (C=O) groups is 1. The Morgan fingerprint density at radius 2 is 1.69 bits per heavy atom. The number of carbonyl (C=O) groups excluding carboxylic acids is 1. The number of benzene rings is 4. The maximum absolute atomic E-state index is 13.7. The largest absolute Gasteiger partial charge is 0.329 e. The molecule has 36 heavy (non-hydrogen) atoms. The first-order valence-corrected chi connectivity index (χ1v) is 12.3. The third-order valence-electron chi connectivity index (χ3n) is 6.59. The molecule has 0 saturated heterocycles. The van der Waals surface area contributed by atoms with Crippen LogP contribution in [0, 0.1) is 6.92 Å². The molecule has 1 atom stereocenters. The van der Waals surface area contributed by atoms with Crippen molar-refractivity contribution in [1.82, 2.24) is 14.5 Å². The van der Waals surface area contributed by atoms with Gasteiger partial charge in [0.05, 0.1) is 22.6 Å². The summed E-state index contributed by atoms with van der Waals surface area (Å²) in [6, 6.07) is 26.0. The molecular weight excluding hydrogens is 470 g/mol. The van der Waals surface area contributed by atoms with Gasteiger partial charge in [-0.25, -0.2) is 4.98 Å². The number of hydrogen-bond donors (Lipinski definition) is 0. The zero-order chi connectivity index (χ0) is 25.4. The molecule has 0 aliphatic heterocycles. The molecular formula is C30H26ClN3O2. The summed E-state index contributed by atoms with van der Waals surface area (Å²) in [6.07, 6.45) is 0. The van der Waals surface area contributed by atoms with E-state index in [2.05, 4.69) is 0 Å². The van der Waals surface area contributed by atoms with E-state index in [0.29, 0.717) is 39.5 Å². The molecule has 5 nitrogen and oxygen atoms in total. The topological polar surface area (TPSA) is 55.2 Å². The lowest BCUT2D eigenvalue weighted by Crippen LogP contribution is -2.37. The van der Waals surface area contributed by atoms with E-state index in [0.717, 1.165) is 16.3 Å². The Morgan fingerprint density at radius 1 is 0.972 bits per heavy atom. The average molecular weight is 496 g/mol. The third-order valence-corrected chi connectivity index (χ3v) is 6.82. The van der Waals surface area contributed by atoms with E-state index in [1.807, 2.05) is 87.5 Å². The maximum atomic E-state index is 13.7. The zero-order valence-corrected chi connectivity index (χ0v) is 21.2. The van der Waals surface area contributed by atoms with Crippen LogP contribution in [0.4, 0.5) is 0 Å². The summed E-state index contributed by atoms with van der Waals surface area (Å²) in [5, 5.41) is 3.05. The summed E-state index contributed by atoms with van der Waals surface area (Å²) >= 11 is 6.23. The lowest BCUT2D eigenvalue weighted by molar-refractivity contribution is 0.0693. The number of aromatic nitrogens is 2. The van der Waals surface area contributed by atoms with E-state index in [4.69, 9.17) is 16.6 Å². The summed E-state index contributed by atoms with van der Waals surface area (Å²) in [5.74, 6) is 0.362. The first-order valence-electron chi connectivity index (χ1n) is 12.0. The minimum Gasteiger partial charge on any atom is -0.329 e. The van der Waals surface area contributed by atoms with E-state index in [1.165, 1.54) is 0 Å². The van der Waals surface area contributed by atoms with Crippen LogP contribution in [0.25, 0.3) is 27.4 Å². The lowest BCUT2D eigenvalue weighted by Gasteiger charge is -2.29. The molecule has 0 radical (unpaired) electrons. The van der Waals surface area contributed by atoms with Crippen molar-refractivity contribution in [3.63, 3.8) is 0 Å². The fourth-order valence-corrected chi connectivity index (χ4v) is 4.79. The van der Waals surface area contributed by atoms with Gasteiger partial charge in [-0.2, -0.15) is 0 Å². The molecule has 0 aliphatic carbocycles. The highest BCUT2D eigenvalue weighted by atomic mass is 35.5. The quantitative estimate of drug-likeness (QED) is 0.272. The molecule has 4 aromatic carbocycles. The van der Waals surface area contributed by atoms with Gasteiger partial charge in [-0.05, 0) is 74.0 Å². The Morgan fingerprint density at radius 3 is 2.42 bits per heavy atom. The first-order chi connectivity index (χ1) is 17.4. The van der Waals surface area contributed by atoms with Crippen LogP contribution in [-0.4, -0.2) is 26.9 Å². The maximum Gasteiger partial charge on any atom is 0.266 e. The zero-order valence-electron chi connectivity index (χ0n) is 20.4. The highest BCUT2D eigenvalue weighted by molar-refractivity contribution is 6.31. The molecule has 0 saturated carbocycles. The van der Waals surface area contributed by atoms with Gasteiger partial charge in [0.15, 0.2) is 0 Å². The molecule has 1 heterocycles. The highest BCUT2D eigenvalue weighted by Gasteiger charge is 2.27. The van der Waals surface area contributed by atoms with Crippen LogP contribution in [0.2, 0.25) is 5.02 Å². The first kappa shape index (κ1) is 23.8. The summed E-state index contributed by atoms with van der Waals surface area (Å²) in [7, 11) is 0. The smallest absolute Gasteiger partial charge is 0.266 e. The number of aryl methyl sites for hydroxylation is 1. The number of nitrogens with zero attached hydrogens (tertiary/aromatic N) is 3. The van der Waals surface area contributed by atoms with Crippen LogP contribution < -0.4 is 5.56 Å². The van der Waals surface area contributed by atoms with Crippen LogP contribution in [0.15, 0.2) is 89.7 Å². The van der Waals surface area contributed by atoms with Crippen LogP contribution in [0.3, 0.4) is 0 Å². The van der Waals surface area contributed by atoms with E-state index in [-0.39, 0.29) is 11.5 Å². The van der Waals surface area contributed by atoms with Crippen LogP contribution in [0.5, 0.6) is 0 Å². The molecule has 0 N–H and O–H groups in total. The molecule has 180 valence electrons. The van der Waals surface area contributed by atoms with Gasteiger partial charge in [0.1, 0.15) is 5.82 Å². The van der Waals surface area contributed by atoms with Gasteiger partial charge < -0.3 is 4.90 Å². The van der Waals surface area contributed by atoms with E-state index in [1.54, 1.807) is 27.7 Å². The monoisotopic (exact) mass is 495 g/mol. The molecule has 5 rings (SSSR count). The molecule has 5 aromatic rings. The summed E-state index contributed by atoms with van der Waals surface area (Å²) in [6.45, 7) is 6.29. The van der Waals surface area contributed by atoms with Gasteiger partial charge >= 0.3 is 0 Å². The van der Waals surface area contributed by atoms with Gasteiger partial charge in [-0.1, -0.05) is 59.6 Å². The summed E-state index contributed by atoms with van der Waals surface area (Å²) in [5.41, 5.74) is 2.69. The van der Waals surface area contributed by atoms with E-state index < -0.39 is 6.04 Å². The number of amides is 1. The molecule has 1 aromatic heterocycles. The van der Waals surface area contributed by atoms with Gasteiger partial charge in [-0.15, -0.1) is 0 Å². The number of halogens is 1. The van der Waals surface area contributed by atoms with E-state index in [9.17, 15) is 9.59 Å². The lowest BCUT2D eigenvalue weighted by atomic mass is 10.1. The van der Waals surface area contributed by atoms with Crippen molar-refractivity contribution in [2.24, 2.45) is 0 Å². The van der Waals surface area contributed by atoms with Gasteiger partial charge in [0.25, 0.3) is 11.5 Å². The second-order valence-corrected chi connectivity index (χ2v) is 9.37. The van der Waals surface area contributed by atoms with Crippen molar-refractivity contribution in [2.45, 2.75) is 26.8 Å². The van der Waals surface area contributed by atoms with Crippen LogP contribution in [-0.2, 0) is 0 Å². The number of hydrogen-bond acceptors (Lipinski definition) is 3. The molecule has 6 heteroatoms. The molecule has 0 spiro atoms. The molecule has 1 amide bonds. The Bertz CT molecular complexity index is 1660. The minimum absolute atomic E-state index is 0.119. The van der Waals surface area contributed by atoms with Crippen molar-refractivity contribution in [1.29, 1.82) is 0 Å².